The molecule has 2 aromatic carbocycles. The van der Waals surface area contributed by atoms with Crippen molar-refractivity contribution in [2.45, 2.75) is 13.3 Å². The van der Waals surface area contributed by atoms with Gasteiger partial charge in [-0.2, -0.15) is 0 Å². The van der Waals surface area contributed by atoms with Gasteiger partial charge in [-0.05, 0) is 68.5 Å². The number of carbonyl (C=O) groups excluding carboxylic acids is 1. The summed E-state index contributed by atoms with van der Waals surface area (Å²) in [6.07, 6.45) is 0.812. The highest BCUT2D eigenvalue weighted by Gasteiger charge is 2.13. The molecule has 0 atom stereocenters. The van der Waals surface area contributed by atoms with E-state index in [2.05, 4.69) is 42.5 Å². The first kappa shape index (κ1) is 18.1. The van der Waals surface area contributed by atoms with Gasteiger partial charge in [0, 0.05) is 15.5 Å². The predicted octanol–water partition coefficient (Wildman–Crippen LogP) is 4.62. The van der Waals surface area contributed by atoms with E-state index in [1.165, 1.54) is 5.56 Å². The molecule has 0 aromatic heterocycles. The first-order valence-corrected chi connectivity index (χ1v) is 9.05. The van der Waals surface area contributed by atoms with E-state index in [-0.39, 0.29) is 10.9 Å². The number of halogens is 2. The molecule has 1 amide bonds. The van der Waals surface area contributed by atoms with Gasteiger partial charge in [0.15, 0.2) is 4.99 Å². The molecule has 0 bridgehead atoms. The SMILES string of the molecule is Cc1cc(Br)c(NC(=O)C(=S)NCCc2ccccc2)c(Br)c1. The normalized spacial score (nSPS) is 10.2. The summed E-state index contributed by atoms with van der Waals surface area (Å²) in [5.41, 5.74) is 2.96. The van der Waals surface area contributed by atoms with E-state index in [4.69, 9.17) is 12.2 Å². The summed E-state index contributed by atoms with van der Waals surface area (Å²) in [7, 11) is 0. The van der Waals surface area contributed by atoms with Crippen LogP contribution in [0.3, 0.4) is 0 Å². The summed E-state index contributed by atoms with van der Waals surface area (Å²) < 4.78 is 1.62. The van der Waals surface area contributed by atoms with Crippen LogP contribution in [0.25, 0.3) is 0 Å². The molecule has 0 unspecified atom stereocenters. The molecule has 0 saturated heterocycles. The zero-order chi connectivity index (χ0) is 16.8. The number of carbonyl (C=O) groups is 1. The van der Waals surface area contributed by atoms with Gasteiger partial charge < -0.3 is 10.6 Å². The van der Waals surface area contributed by atoms with Gasteiger partial charge in [0.1, 0.15) is 0 Å². The fraction of sp³-hybridized carbons (Fsp3) is 0.176. The maximum absolute atomic E-state index is 12.2. The van der Waals surface area contributed by atoms with Crippen molar-refractivity contribution in [3.63, 3.8) is 0 Å². The van der Waals surface area contributed by atoms with Crippen molar-refractivity contribution >= 4 is 60.7 Å². The zero-order valence-corrected chi connectivity index (χ0v) is 16.5. The molecule has 3 nitrogen and oxygen atoms in total. The lowest BCUT2D eigenvalue weighted by molar-refractivity contribution is -0.110. The third kappa shape index (κ3) is 5.41. The van der Waals surface area contributed by atoms with Crippen molar-refractivity contribution in [2.75, 3.05) is 11.9 Å². The Bertz CT molecular complexity index is 697. The molecule has 23 heavy (non-hydrogen) atoms. The van der Waals surface area contributed by atoms with E-state index in [0.717, 1.165) is 20.9 Å². The minimum Gasteiger partial charge on any atom is -0.371 e. The average molecular weight is 456 g/mol. The number of amides is 1. The lowest BCUT2D eigenvalue weighted by Gasteiger charge is -2.12. The molecule has 0 fully saturated rings. The van der Waals surface area contributed by atoms with Gasteiger partial charge in [0.05, 0.1) is 5.69 Å². The summed E-state index contributed by atoms with van der Waals surface area (Å²) >= 11 is 12.1. The largest absolute Gasteiger partial charge is 0.371 e. The number of hydrogen-bond acceptors (Lipinski definition) is 2. The number of rotatable bonds is 4. The smallest absolute Gasteiger partial charge is 0.283 e. The van der Waals surface area contributed by atoms with Crippen LogP contribution in [0.4, 0.5) is 5.69 Å². The summed E-state index contributed by atoms with van der Waals surface area (Å²) in [4.78, 5) is 12.4. The van der Waals surface area contributed by atoms with Gasteiger partial charge in [-0.1, -0.05) is 42.5 Å². The van der Waals surface area contributed by atoms with Crippen molar-refractivity contribution in [1.29, 1.82) is 0 Å². The van der Waals surface area contributed by atoms with Crippen molar-refractivity contribution in [1.82, 2.24) is 5.32 Å². The van der Waals surface area contributed by atoms with Gasteiger partial charge >= 0.3 is 0 Å². The van der Waals surface area contributed by atoms with Crippen molar-refractivity contribution in [3.05, 3.63) is 62.5 Å². The van der Waals surface area contributed by atoms with Crippen molar-refractivity contribution < 1.29 is 4.79 Å². The van der Waals surface area contributed by atoms with E-state index < -0.39 is 0 Å². The first-order valence-electron chi connectivity index (χ1n) is 7.06. The molecular formula is C17H16Br2N2OS. The lowest BCUT2D eigenvalue weighted by Crippen LogP contribution is -2.35. The molecule has 0 heterocycles. The summed E-state index contributed by atoms with van der Waals surface area (Å²) in [5.74, 6) is -0.321. The maximum atomic E-state index is 12.2. The van der Waals surface area contributed by atoms with E-state index >= 15 is 0 Å². The molecule has 0 aliphatic carbocycles. The highest BCUT2D eigenvalue weighted by Crippen LogP contribution is 2.32. The third-order valence-electron chi connectivity index (χ3n) is 3.17. The number of aryl methyl sites for hydroxylation is 1. The van der Waals surface area contributed by atoms with Crippen molar-refractivity contribution in [2.24, 2.45) is 0 Å². The summed E-state index contributed by atoms with van der Waals surface area (Å²) in [6, 6.07) is 13.9. The topological polar surface area (TPSA) is 41.1 Å². The van der Waals surface area contributed by atoms with Crippen molar-refractivity contribution in [3.8, 4) is 0 Å². The Morgan fingerprint density at radius 1 is 1.13 bits per heavy atom. The minimum atomic E-state index is -0.321. The Balaban J connectivity index is 1.89. The highest BCUT2D eigenvalue weighted by molar-refractivity contribution is 9.11. The third-order valence-corrected chi connectivity index (χ3v) is 4.75. The molecule has 0 radical (unpaired) electrons. The van der Waals surface area contributed by atoms with Crippen LogP contribution in [0, 0.1) is 6.92 Å². The molecule has 120 valence electrons. The van der Waals surface area contributed by atoms with Crippen LogP contribution in [0.2, 0.25) is 0 Å². The fourth-order valence-corrected chi connectivity index (χ4v) is 3.80. The summed E-state index contributed by atoms with van der Waals surface area (Å²) in [5, 5.41) is 5.81. The Hall–Kier alpha value is -1.24. The van der Waals surface area contributed by atoms with Crippen LogP contribution in [-0.4, -0.2) is 17.4 Å². The maximum Gasteiger partial charge on any atom is 0.283 e. The zero-order valence-electron chi connectivity index (χ0n) is 12.5. The van der Waals surface area contributed by atoms with Gasteiger partial charge in [-0.25, -0.2) is 0 Å². The van der Waals surface area contributed by atoms with Crippen LogP contribution in [-0.2, 0) is 11.2 Å². The molecule has 6 heteroatoms. The van der Waals surface area contributed by atoms with E-state index in [1.807, 2.05) is 49.4 Å². The second-order valence-corrected chi connectivity index (χ2v) is 7.17. The highest BCUT2D eigenvalue weighted by atomic mass is 79.9. The Labute approximate surface area is 158 Å². The Morgan fingerprint density at radius 2 is 1.74 bits per heavy atom. The summed E-state index contributed by atoms with van der Waals surface area (Å²) in [6.45, 7) is 2.60. The number of anilines is 1. The quantitative estimate of drug-likeness (QED) is 0.661. The van der Waals surface area contributed by atoms with Crippen LogP contribution in [0.15, 0.2) is 51.4 Å². The molecule has 0 spiro atoms. The van der Waals surface area contributed by atoms with Crippen LogP contribution in [0.5, 0.6) is 0 Å². The van der Waals surface area contributed by atoms with E-state index in [9.17, 15) is 4.79 Å². The Morgan fingerprint density at radius 3 is 2.35 bits per heavy atom. The second-order valence-electron chi connectivity index (χ2n) is 5.05. The van der Waals surface area contributed by atoms with Crippen LogP contribution < -0.4 is 10.6 Å². The number of benzene rings is 2. The predicted molar refractivity (Wildman–Crippen MR) is 106 cm³/mol. The van der Waals surface area contributed by atoms with Gasteiger partial charge in [-0.15, -0.1) is 0 Å². The van der Waals surface area contributed by atoms with Gasteiger partial charge in [0.2, 0.25) is 0 Å². The number of nitrogens with one attached hydrogen (secondary N) is 2. The number of thiocarbonyl (C=S) groups is 1. The first-order chi connectivity index (χ1) is 11.0. The van der Waals surface area contributed by atoms with E-state index in [0.29, 0.717) is 12.2 Å². The van der Waals surface area contributed by atoms with E-state index in [1.54, 1.807) is 0 Å². The van der Waals surface area contributed by atoms with Gasteiger partial charge in [-0.3, -0.25) is 4.79 Å². The average Bonchev–Trinajstić information content (AvgIpc) is 2.51. The molecule has 0 saturated carbocycles. The molecule has 2 aromatic rings. The minimum absolute atomic E-state index is 0.181. The van der Waals surface area contributed by atoms with Crippen LogP contribution >= 0.6 is 44.1 Å². The number of hydrogen-bond donors (Lipinski definition) is 2. The Kier molecular flexibility index (Phi) is 6.74. The second kappa shape index (κ2) is 8.57. The fourth-order valence-electron chi connectivity index (χ4n) is 2.03. The molecular weight excluding hydrogens is 440 g/mol. The monoisotopic (exact) mass is 454 g/mol. The van der Waals surface area contributed by atoms with Crippen LogP contribution in [0.1, 0.15) is 11.1 Å². The standard InChI is InChI=1S/C17H16Br2N2OS/c1-11-9-13(18)15(14(19)10-11)21-16(22)17(23)20-8-7-12-5-3-2-4-6-12/h2-6,9-10H,7-8H2,1H3,(H,20,23)(H,21,22). The molecule has 2 rings (SSSR count). The lowest BCUT2D eigenvalue weighted by atomic mass is 10.1. The molecule has 2 N–H and O–H groups in total. The molecule has 0 aliphatic heterocycles. The molecule has 0 aliphatic rings. The van der Waals surface area contributed by atoms with Gasteiger partial charge in [0.25, 0.3) is 5.91 Å².